The fourth-order valence-corrected chi connectivity index (χ4v) is 1.76. The number of rotatable bonds is 6. The molecule has 0 spiro atoms. The Kier molecular flexibility index (Phi) is 5.26. The van der Waals surface area contributed by atoms with Gasteiger partial charge in [0, 0.05) is 24.8 Å². The Bertz CT molecular complexity index is 313. The van der Waals surface area contributed by atoms with E-state index in [9.17, 15) is 5.11 Å². The number of aliphatic hydroxyl groups excluding tert-OH is 1. The van der Waals surface area contributed by atoms with E-state index in [0.29, 0.717) is 0 Å². The molecule has 0 aromatic carbocycles. The highest BCUT2D eigenvalue weighted by Gasteiger charge is 2.13. The van der Waals surface area contributed by atoms with Crippen LogP contribution in [-0.2, 0) is 0 Å². The molecule has 0 amide bonds. The predicted molar refractivity (Wildman–Crippen MR) is 67.7 cm³/mol. The fraction of sp³-hybridized carbons (Fsp3) is 0.615. The van der Waals surface area contributed by atoms with Gasteiger partial charge < -0.3 is 10.0 Å². The maximum Gasteiger partial charge on any atom is 0.134 e. The third kappa shape index (κ3) is 3.20. The normalized spacial score (nSPS) is 12.5. The number of nitrogens with zero attached hydrogens (tertiary/aromatic N) is 2. The third-order valence-electron chi connectivity index (χ3n) is 2.73. The Balaban J connectivity index is 2.90. The van der Waals surface area contributed by atoms with E-state index in [-0.39, 0.29) is 0 Å². The number of aromatic nitrogens is 1. The lowest BCUT2D eigenvalue weighted by Gasteiger charge is -2.25. The van der Waals surface area contributed by atoms with Crippen molar-refractivity contribution in [2.75, 3.05) is 18.0 Å². The molecule has 0 aliphatic rings. The number of unbranched alkanes of at least 4 members (excludes halogenated alkanes) is 1. The average Bonchev–Trinajstić information content (AvgIpc) is 2.30. The smallest absolute Gasteiger partial charge is 0.134 e. The Morgan fingerprint density at radius 2 is 2.19 bits per heavy atom. The summed E-state index contributed by atoms with van der Waals surface area (Å²) < 4.78 is 0. The molecule has 0 bridgehead atoms. The molecular formula is C13H22N2O. The van der Waals surface area contributed by atoms with Crippen molar-refractivity contribution in [1.29, 1.82) is 0 Å². The van der Waals surface area contributed by atoms with Crippen LogP contribution in [0, 0.1) is 0 Å². The summed E-state index contributed by atoms with van der Waals surface area (Å²) in [5, 5.41) is 9.71. The zero-order chi connectivity index (χ0) is 12.0. The van der Waals surface area contributed by atoms with Gasteiger partial charge in [-0.3, -0.25) is 0 Å². The monoisotopic (exact) mass is 222 g/mol. The number of aliphatic hydroxyl groups is 1. The van der Waals surface area contributed by atoms with Crippen LogP contribution >= 0.6 is 0 Å². The molecule has 0 saturated heterocycles. The standard InChI is InChI=1S/C13H22N2O/c1-4-6-10-15(5-2)13-12(11(3)16)8-7-9-14-13/h7-9,11,16H,4-6,10H2,1-3H3/t11-/m1/s1. The van der Waals surface area contributed by atoms with Gasteiger partial charge in [-0.15, -0.1) is 0 Å². The van der Waals surface area contributed by atoms with Crippen LogP contribution in [-0.4, -0.2) is 23.2 Å². The number of hydrogen-bond donors (Lipinski definition) is 1. The van der Waals surface area contributed by atoms with E-state index in [1.807, 2.05) is 12.1 Å². The molecule has 1 heterocycles. The largest absolute Gasteiger partial charge is 0.389 e. The van der Waals surface area contributed by atoms with Crippen LogP contribution in [0.25, 0.3) is 0 Å². The second-order valence-electron chi connectivity index (χ2n) is 4.03. The topological polar surface area (TPSA) is 36.4 Å². The molecule has 0 aliphatic carbocycles. The Labute approximate surface area is 98.1 Å². The first-order chi connectivity index (χ1) is 7.70. The van der Waals surface area contributed by atoms with Crippen molar-refractivity contribution in [1.82, 2.24) is 4.98 Å². The molecule has 1 atom stereocenters. The van der Waals surface area contributed by atoms with E-state index in [4.69, 9.17) is 0 Å². The minimum absolute atomic E-state index is 0.459. The van der Waals surface area contributed by atoms with Gasteiger partial charge >= 0.3 is 0 Å². The van der Waals surface area contributed by atoms with E-state index in [1.54, 1.807) is 13.1 Å². The van der Waals surface area contributed by atoms with Gasteiger partial charge in [-0.1, -0.05) is 19.4 Å². The first kappa shape index (κ1) is 13.0. The summed E-state index contributed by atoms with van der Waals surface area (Å²) in [5.41, 5.74) is 0.917. The zero-order valence-corrected chi connectivity index (χ0v) is 10.5. The van der Waals surface area contributed by atoms with Crippen molar-refractivity contribution in [2.45, 2.75) is 39.7 Å². The Hall–Kier alpha value is -1.09. The number of pyridine rings is 1. The summed E-state index contributed by atoms with van der Waals surface area (Å²) in [5.74, 6) is 0.924. The summed E-state index contributed by atoms with van der Waals surface area (Å²) in [7, 11) is 0. The lowest BCUT2D eigenvalue weighted by Crippen LogP contribution is -2.26. The van der Waals surface area contributed by atoms with Gasteiger partial charge in [-0.25, -0.2) is 4.98 Å². The average molecular weight is 222 g/mol. The van der Waals surface area contributed by atoms with Gasteiger partial charge in [-0.05, 0) is 26.3 Å². The Morgan fingerprint density at radius 1 is 1.44 bits per heavy atom. The van der Waals surface area contributed by atoms with Crippen LogP contribution in [0.3, 0.4) is 0 Å². The SMILES string of the molecule is CCCCN(CC)c1ncccc1[C@@H](C)O. The van der Waals surface area contributed by atoms with E-state index < -0.39 is 6.10 Å². The van der Waals surface area contributed by atoms with Gasteiger partial charge in [0.05, 0.1) is 6.10 Å². The van der Waals surface area contributed by atoms with Crippen molar-refractivity contribution in [3.05, 3.63) is 23.9 Å². The Morgan fingerprint density at radius 3 is 2.75 bits per heavy atom. The molecule has 3 heteroatoms. The number of anilines is 1. The maximum atomic E-state index is 9.71. The van der Waals surface area contributed by atoms with Crippen molar-refractivity contribution in [3.8, 4) is 0 Å². The van der Waals surface area contributed by atoms with Gasteiger partial charge in [0.25, 0.3) is 0 Å². The maximum absolute atomic E-state index is 9.71. The molecule has 3 nitrogen and oxygen atoms in total. The summed E-state index contributed by atoms with van der Waals surface area (Å²) in [6.07, 6.45) is 3.66. The molecule has 1 aromatic heterocycles. The molecule has 16 heavy (non-hydrogen) atoms. The lowest BCUT2D eigenvalue weighted by molar-refractivity contribution is 0.199. The van der Waals surface area contributed by atoms with Crippen molar-refractivity contribution in [2.24, 2.45) is 0 Å². The molecule has 0 radical (unpaired) electrons. The van der Waals surface area contributed by atoms with Crippen LogP contribution < -0.4 is 4.90 Å². The zero-order valence-electron chi connectivity index (χ0n) is 10.5. The molecule has 90 valence electrons. The van der Waals surface area contributed by atoms with Gasteiger partial charge in [0.1, 0.15) is 5.82 Å². The predicted octanol–water partition coefficient (Wildman–Crippen LogP) is 2.76. The van der Waals surface area contributed by atoms with Crippen LogP contribution in [0.2, 0.25) is 0 Å². The second-order valence-corrected chi connectivity index (χ2v) is 4.03. The van der Waals surface area contributed by atoms with Gasteiger partial charge in [0.15, 0.2) is 0 Å². The third-order valence-corrected chi connectivity index (χ3v) is 2.73. The summed E-state index contributed by atoms with van der Waals surface area (Å²) in [4.78, 5) is 6.62. The molecule has 1 rings (SSSR count). The van der Waals surface area contributed by atoms with Gasteiger partial charge in [0.2, 0.25) is 0 Å². The second kappa shape index (κ2) is 6.48. The summed E-state index contributed by atoms with van der Waals surface area (Å²) in [6.45, 7) is 8.02. The number of hydrogen-bond acceptors (Lipinski definition) is 3. The van der Waals surface area contributed by atoms with Crippen LogP contribution in [0.4, 0.5) is 5.82 Å². The highest BCUT2D eigenvalue weighted by atomic mass is 16.3. The first-order valence-electron chi connectivity index (χ1n) is 6.08. The first-order valence-corrected chi connectivity index (χ1v) is 6.08. The molecule has 1 N–H and O–H groups in total. The minimum Gasteiger partial charge on any atom is -0.389 e. The van der Waals surface area contributed by atoms with E-state index >= 15 is 0 Å². The molecule has 0 fully saturated rings. The van der Waals surface area contributed by atoms with Crippen molar-refractivity contribution >= 4 is 5.82 Å². The fourth-order valence-electron chi connectivity index (χ4n) is 1.76. The lowest BCUT2D eigenvalue weighted by atomic mass is 10.1. The van der Waals surface area contributed by atoms with Crippen LogP contribution in [0.1, 0.15) is 45.3 Å². The van der Waals surface area contributed by atoms with Crippen LogP contribution in [0.15, 0.2) is 18.3 Å². The highest BCUT2D eigenvalue weighted by Crippen LogP contribution is 2.23. The molecule has 0 saturated carbocycles. The molecular weight excluding hydrogens is 200 g/mol. The molecule has 0 aliphatic heterocycles. The highest BCUT2D eigenvalue weighted by molar-refractivity contribution is 5.47. The molecule has 1 aromatic rings. The van der Waals surface area contributed by atoms with E-state index in [1.165, 1.54) is 6.42 Å². The van der Waals surface area contributed by atoms with Crippen molar-refractivity contribution < 1.29 is 5.11 Å². The quantitative estimate of drug-likeness (QED) is 0.804. The van der Waals surface area contributed by atoms with Crippen molar-refractivity contribution in [3.63, 3.8) is 0 Å². The summed E-state index contributed by atoms with van der Waals surface area (Å²) >= 11 is 0. The minimum atomic E-state index is -0.459. The van der Waals surface area contributed by atoms with Gasteiger partial charge in [-0.2, -0.15) is 0 Å². The van der Waals surface area contributed by atoms with E-state index in [0.717, 1.165) is 30.9 Å². The van der Waals surface area contributed by atoms with E-state index in [2.05, 4.69) is 23.7 Å². The van der Waals surface area contributed by atoms with Crippen LogP contribution in [0.5, 0.6) is 0 Å². The summed E-state index contributed by atoms with van der Waals surface area (Å²) in [6, 6.07) is 3.82. The molecule has 0 unspecified atom stereocenters.